The van der Waals surface area contributed by atoms with E-state index < -0.39 is 0 Å². The van der Waals surface area contributed by atoms with Crippen molar-refractivity contribution < 1.29 is 0 Å². The van der Waals surface area contributed by atoms with E-state index in [-0.39, 0.29) is 12.4 Å². The van der Waals surface area contributed by atoms with Crippen LogP contribution in [0.3, 0.4) is 0 Å². The SMILES string of the molecule is Cc1nn(C)cc1CN1CCC(N)CC1.Cl. The summed E-state index contributed by atoms with van der Waals surface area (Å²) in [6.07, 6.45) is 4.36. The number of halogens is 1. The molecule has 1 aromatic heterocycles. The van der Waals surface area contributed by atoms with Crippen LogP contribution in [0.1, 0.15) is 24.1 Å². The summed E-state index contributed by atoms with van der Waals surface area (Å²) >= 11 is 0. The van der Waals surface area contributed by atoms with Crippen LogP contribution in [-0.4, -0.2) is 33.8 Å². The molecule has 0 radical (unpaired) electrons. The molecular formula is C11H21ClN4. The molecular weight excluding hydrogens is 224 g/mol. The highest BCUT2D eigenvalue weighted by atomic mass is 35.5. The van der Waals surface area contributed by atoms with Crippen molar-refractivity contribution in [1.29, 1.82) is 0 Å². The molecule has 1 aromatic rings. The molecule has 0 aliphatic carbocycles. The van der Waals surface area contributed by atoms with Gasteiger partial charge in [-0.15, -0.1) is 12.4 Å². The number of piperidine rings is 1. The summed E-state index contributed by atoms with van der Waals surface area (Å²) < 4.78 is 1.89. The van der Waals surface area contributed by atoms with Gasteiger partial charge in [-0.1, -0.05) is 0 Å². The van der Waals surface area contributed by atoms with Crippen LogP contribution in [0, 0.1) is 6.92 Å². The first kappa shape index (κ1) is 13.5. The molecule has 92 valence electrons. The van der Waals surface area contributed by atoms with Gasteiger partial charge in [0.25, 0.3) is 0 Å². The second-order valence-electron chi connectivity index (χ2n) is 4.53. The van der Waals surface area contributed by atoms with Gasteiger partial charge in [0.2, 0.25) is 0 Å². The Hall–Kier alpha value is -0.580. The molecule has 1 fully saturated rings. The van der Waals surface area contributed by atoms with E-state index in [9.17, 15) is 0 Å². The molecule has 5 heteroatoms. The lowest BCUT2D eigenvalue weighted by Gasteiger charge is -2.29. The van der Waals surface area contributed by atoms with E-state index in [0.29, 0.717) is 6.04 Å². The van der Waals surface area contributed by atoms with E-state index >= 15 is 0 Å². The average Bonchev–Trinajstić information content (AvgIpc) is 2.49. The van der Waals surface area contributed by atoms with Crippen LogP contribution in [-0.2, 0) is 13.6 Å². The molecule has 2 N–H and O–H groups in total. The summed E-state index contributed by atoms with van der Waals surface area (Å²) in [7, 11) is 1.97. The minimum atomic E-state index is 0. The molecule has 0 aromatic carbocycles. The molecule has 16 heavy (non-hydrogen) atoms. The Morgan fingerprint density at radius 3 is 2.56 bits per heavy atom. The summed E-state index contributed by atoms with van der Waals surface area (Å²) in [4.78, 5) is 2.47. The predicted molar refractivity (Wildman–Crippen MR) is 67.7 cm³/mol. The Bertz CT molecular complexity index is 329. The third-order valence-corrected chi connectivity index (χ3v) is 3.14. The molecule has 0 unspecified atom stereocenters. The predicted octanol–water partition coefficient (Wildman–Crippen LogP) is 1.07. The molecule has 0 saturated carbocycles. The highest BCUT2D eigenvalue weighted by molar-refractivity contribution is 5.85. The smallest absolute Gasteiger partial charge is 0.0638 e. The minimum Gasteiger partial charge on any atom is -0.328 e. The minimum absolute atomic E-state index is 0. The number of likely N-dealkylation sites (tertiary alicyclic amines) is 1. The van der Waals surface area contributed by atoms with Crippen LogP contribution in [0.2, 0.25) is 0 Å². The maximum atomic E-state index is 5.88. The summed E-state index contributed by atoms with van der Waals surface area (Å²) in [6, 6.07) is 0.413. The second kappa shape index (κ2) is 5.66. The molecule has 0 spiro atoms. The quantitative estimate of drug-likeness (QED) is 0.847. The third-order valence-electron chi connectivity index (χ3n) is 3.14. The topological polar surface area (TPSA) is 47.1 Å². The Labute approximate surface area is 103 Å². The summed E-state index contributed by atoms with van der Waals surface area (Å²) in [5.41, 5.74) is 8.37. The number of aromatic nitrogens is 2. The van der Waals surface area contributed by atoms with Crippen molar-refractivity contribution in [2.24, 2.45) is 12.8 Å². The molecule has 0 atom stereocenters. The molecule has 1 aliphatic rings. The highest BCUT2D eigenvalue weighted by Gasteiger charge is 2.17. The van der Waals surface area contributed by atoms with Crippen LogP contribution in [0.4, 0.5) is 0 Å². The molecule has 2 rings (SSSR count). The lowest BCUT2D eigenvalue weighted by Crippen LogP contribution is -2.39. The standard InChI is InChI=1S/C11H20N4.ClH/c1-9-10(7-14(2)13-9)8-15-5-3-11(12)4-6-15;/h7,11H,3-6,8,12H2,1-2H3;1H. The van der Waals surface area contributed by atoms with E-state index in [1.165, 1.54) is 5.56 Å². The van der Waals surface area contributed by atoms with Crippen LogP contribution in [0.15, 0.2) is 6.20 Å². The maximum Gasteiger partial charge on any atom is 0.0638 e. The summed E-state index contributed by atoms with van der Waals surface area (Å²) in [6.45, 7) is 5.34. The molecule has 0 bridgehead atoms. The van der Waals surface area contributed by atoms with Crippen molar-refractivity contribution in [1.82, 2.24) is 14.7 Å². The van der Waals surface area contributed by atoms with Crippen molar-refractivity contribution in [3.05, 3.63) is 17.5 Å². The Morgan fingerprint density at radius 2 is 2.06 bits per heavy atom. The number of nitrogens with zero attached hydrogens (tertiary/aromatic N) is 3. The fraction of sp³-hybridized carbons (Fsp3) is 0.727. The fourth-order valence-corrected chi connectivity index (χ4v) is 2.16. The van der Waals surface area contributed by atoms with Crippen LogP contribution in [0.25, 0.3) is 0 Å². The zero-order valence-corrected chi connectivity index (χ0v) is 10.8. The summed E-state index contributed by atoms with van der Waals surface area (Å²) in [5.74, 6) is 0. The number of hydrogen-bond donors (Lipinski definition) is 1. The molecule has 4 nitrogen and oxygen atoms in total. The van der Waals surface area contributed by atoms with Crippen molar-refractivity contribution in [3.8, 4) is 0 Å². The monoisotopic (exact) mass is 244 g/mol. The van der Waals surface area contributed by atoms with Crippen LogP contribution < -0.4 is 5.73 Å². The van der Waals surface area contributed by atoms with Gasteiger partial charge in [-0.25, -0.2) is 0 Å². The first-order valence-electron chi connectivity index (χ1n) is 5.62. The lowest BCUT2D eigenvalue weighted by molar-refractivity contribution is 0.205. The number of rotatable bonds is 2. The van der Waals surface area contributed by atoms with Crippen LogP contribution >= 0.6 is 12.4 Å². The van der Waals surface area contributed by atoms with Gasteiger partial charge in [0.05, 0.1) is 5.69 Å². The van der Waals surface area contributed by atoms with Crippen molar-refractivity contribution in [2.45, 2.75) is 32.4 Å². The van der Waals surface area contributed by atoms with Gasteiger partial charge in [-0.3, -0.25) is 9.58 Å². The fourth-order valence-electron chi connectivity index (χ4n) is 2.16. The van der Waals surface area contributed by atoms with Gasteiger partial charge in [0, 0.05) is 31.4 Å². The zero-order chi connectivity index (χ0) is 10.8. The van der Waals surface area contributed by atoms with Gasteiger partial charge in [-0.05, 0) is 32.9 Å². The van der Waals surface area contributed by atoms with E-state index in [2.05, 4.69) is 23.1 Å². The van der Waals surface area contributed by atoms with Gasteiger partial charge < -0.3 is 5.73 Å². The molecule has 2 heterocycles. The summed E-state index contributed by atoms with van der Waals surface area (Å²) in [5, 5.41) is 4.36. The van der Waals surface area contributed by atoms with Crippen molar-refractivity contribution >= 4 is 12.4 Å². The first-order chi connectivity index (χ1) is 7.15. The molecule has 1 saturated heterocycles. The first-order valence-corrected chi connectivity index (χ1v) is 5.62. The van der Waals surface area contributed by atoms with Gasteiger partial charge in [0.1, 0.15) is 0 Å². The van der Waals surface area contributed by atoms with E-state index in [4.69, 9.17) is 5.73 Å². The molecule has 0 amide bonds. The Morgan fingerprint density at radius 1 is 1.44 bits per heavy atom. The number of nitrogens with two attached hydrogens (primary N) is 1. The Balaban J connectivity index is 0.00000128. The van der Waals surface area contributed by atoms with E-state index in [1.54, 1.807) is 0 Å². The Kier molecular flexibility index (Phi) is 4.77. The highest BCUT2D eigenvalue weighted by Crippen LogP contribution is 2.14. The zero-order valence-electron chi connectivity index (χ0n) is 10.0. The normalized spacial score (nSPS) is 18.4. The second-order valence-corrected chi connectivity index (χ2v) is 4.53. The average molecular weight is 245 g/mol. The van der Waals surface area contributed by atoms with Crippen molar-refractivity contribution in [3.63, 3.8) is 0 Å². The van der Waals surface area contributed by atoms with Gasteiger partial charge in [0.15, 0.2) is 0 Å². The lowest BCUT2D eigenvalue weighted by atomic mass is 10.1. The molecule has 1 aliphatic heterocycles. The maximum absolute atomic E-state index is 5.88. The number of hydrogen-bond acceptors (Lipinski definition) is 3. The largest absolute Gasteiger partial charge is 0.328 e. The van der Waals surface area contributed by atoms with Gasteiger partial charge >= 0.3 is 0 Å². The van der Waals surface area contributed by atoms with Gasteiger partial charge in [-0.2, -0.15) is 5.10 Å². The van der Waals surface area contributed by atoms with E-state index in [0.717, 1.165) is 38.2 Å². The van der Waals surface area contributed by atoms with E-state index in [1.807, 2.05) is 11.7 Å². The van der Waals surface area contributed by atoms with Crippen LogP contribution in [0.5, 0.6) is 0 Å². The third kappa shape index (κ3) is 3.20. The van der Waals surface area contributed by atoms with Crippen molar-refractivity contribution in [2.75, 3.05) is 13.1 Å². The number of aryl methyl sites for hydroxylation is 2.